The molecule has 8 heteroatoms. The minimum atomic E-state index is -1.24. The normalized spacial score (nSPS) is 19.0. The molecule has 3 aromatic rings. The number of carboxylic acids is 1. The molecule has 2 N–H and O–H groups in total. The van der Waals surface area contributed by atoms with E-state index in [2.05, 4.69) is 5.32 Å². The average Bonchev–Trinajstić information content (AvgIpc) is 3.25. The predicted octanol–water partition coefficient (Wildman–Crippen LogP) is 4.04. The van der Waals surface area contributed by atoms with Crippen molar-refractivity contribution < 1.29 is 24.2 Å². The van der Waals surface area contributed by atoms with Gasteiger partial charge in [0.1, 0.15) is 16.0 Å². The molecule has 162 valence electrons. The number of thiophene rings is 1. The zero-order valence-corrected chi connectivity index (χ0v) is 18.5. The number of rotatable bonds is 3. The van der Waals surface area contributed by atoms with E-state index in [0.29, 0.717) is 27.4 Å². The standard InChI is InChI=1S/C24H20N2O5S/c1-12-5-4-6-15-19(12)26(2)23(30)24(15)11-16(27)25-18-17(20(22(28)29)32-21(18)24)13-7-9-14(31-3)10-8-13/h4-10H,11H2,1-3H3,(H,25,27)(H,28,29). The number of hydrogen-bond donors (Lipinski definition) is 2. The third kappa shape index (κ3) is 2.56. The Morgan fingerprint density at radius 1 is 1.19 bits per heavy atom. The number of methoxy groups -OCH3 is 1. The lowest BCUT2D eigenvalue weighted by molar-refractivity contribution is -0.126. The van der Waals surface area contributed by atoms with E-state index in [1.165, 1.54) is 0 Å². The van der Waals surface area contributed by atoms with Crippen molar-refractivity contribution >= 4 is 40.5 Å². The molecule has 1 atom stereocenters. The highest BCUT2D eigenvalue weighted by Gasteiger charge is 2.57. The van der Waals surface area contributed by atoms with Gasteiger partial charge < -0.3 is 20.1 Å². The van der Waals surface area contributed by atoms with Crippen LogP contribution in [0.25, 0.3) is 11.1 Å². The summed E-state index contributed by atoms with van der Waals surface area (Å²) in [4.78, 5) is 41.1. The molecule has 0 fully saturated rings. The first-order chi connectivity index (χ1) is 15.3. The second kappa shape index (κ2) is 6.93. The van der Waals surface area contributed by atoms with Crippen molar-refractivity contribution in [1.82, 2.24) is 0 Å². The van der Waals surface area contributed by atoms with Crippen molar-refractivity contribution in [3.05, 3.63) is 63.3 Å². The Hall–Kier alpha value is -3.65. The van der Waals surface area contributed by atoms with E-state index in [9.17, 15) is 19.5 Å². The van der Waals surface area contributed by atoms with Gasteiger partial charge in [-0.3, -0.25) is 9.59 Å². The number of fused-ring (bicyclic) bond motifs is 4. The van der Waals surface area contributed by atoms with Crippen molar-refractivity contribution in [2.45, 2.75) is 18.8 Å². The Bertz CT molecular complexity index is 1310. The summed E-state index contributed by atoms with van der Waals surface area (Å²) in [6.07, 6.45) is -0.0682. The van der Waals surface area contributed by atoms with Crippen LogP contribution in [-0.2, 0) is 15.0 Å². The van der Waals surface area contributed by atoms with Gasteiger partial charge in [0.2, 0.25) is 11.8 Å². The van der Waals surface area contributed by atoms with Gasteiger partial charge in [-0.05, 0) is 35.7 Å². The van der Waals surface area contributed by atoms with Gasteiger partial charge in [0.05, 0.1) is 29.8 Å². The molecule has 0 saturated carbocycles. The molecule has 2 amide bonds. The summed E-state index contributed by atoms with van der Waals surface area (Å²) < 4.78 is 5.21. The van der Waals surface area contributed by atoms with Crippen molar-refractivity contribution in [1.29, 1.82) is 0 Å². The van der Waals surface area contributed by atoms with Crippen LogP contribution in [-0.4, -0.2) is 37.0 Å². The molecule has 2 aliphatic heterocycles. The third-order valence-electron chi connectivity index (χ3n) is 6.26. The highest BCUT2D eigenvalue weighted by atomic mass is 32.1. The Balaban J connectivity index is 1.83. The van der Waals surface area contributed by atoms with E-state index in [1.807, 2.05) is 25.1 Å². The van der Waals surface area contributed by atoms with Crippen LogP contribution in [0.4, 0.5) is 11.4 Å². The molecular formula is C24H20N2O5S. The van der Waals surface area contributed by atoms with Crippen LogP contribution in [0, 0.1) is 6.92 Å². The number of amides is 2. The van der Waals surface area contributed by atoms with Crippen LogP contribution in [0.15, 0.2) is 42.5 Å². The molecule has 2 aromatic carbocycles. The van der Waals surface area contributed by atoms with Crippen LogP contribution >= 0.6 is 11.3 Å². The highest BCUT2D eigenvalue weighted by Crippen LogP contribution is 2.57. The first-order valence-electron chi connectivity index (χ1n) is 10.0. The second-order valence-electron chi connectivity index (χ2n) is 8.01. The number of nitrogens with zero attached hydrogens (tertiary/aromatic N) is 1. The number of ether oxygens (including phenoxy) is 1. The average molecular weight is 449 g/mol. The van der Waals surface area contributed by atoms with Gasteiger partial charge in [0, 0.05) is 12.6 Å². The maximum absolute atomic E-state index is 13.7. The molecule has 0 radical (unpaired) electrons. The fourth-order valence-electron chi connectivity index (χ4n) is 4.88. The van der Waals surface area contributed by atoms with E-state index >= 15 is 0 Å². The quantitative estimate of drug-likeness (QED) is 0.631. The molecular weight excluding hydrogens is 428 g/mol. The molecule has 2 aliphatic rings. The number of carboxylic acid groups (broad SMARTS) is 1. The first kappa shape index (κ1) is 20.3. The van der Waals surface area contributed by atoms with Gasteiger partial charge in [0.25, 0.3) is 0 Å². The number of para-hydroxylation sites is 1. The van der Waals surface area contributed by atoms with E-state index in [1.54, 1.807) is 43.3 Å². The van der Waals surface area contributed by atoms with Gasteiger partial charge in [-0.1, -0.05) is 30.3 Å². The molecule has 0 saturated heterocycles. The van der Waals surface area contributed by atoms with Crippen molar-refractivity contribution in [2.75, 3.05) is 24.4 Å². The van der Waals surface area contributed by atoms with Crippen molar-refractivity contribution in [2.24, 2.45) is 0 Å². The Morgan fingerprint density at radius 2 is 1.91 bits per heavy atom. The number of carbonyl (C=O) groups is 3. The van der Waals surface area contributed by atoms with Crippen LogP contribution < -0.4 is 15.0 Å². The lowest BCUT2D eigenvalue weighted by Crippen LogP contribution is -2.45. The van der Waals surface area contributed by atoms with Crippen LogP contribution in [0.5, 0.6) is 5.75 Å². The number of nitrogens with one attached hydrogen (secondary N) is 1. The highest BCUT2D eigenvalue weighted by molar-refractivity contribution is 7.15. The number of aryl methyl sites for hydroxylation is 1. The fraction of sp³-hybridized carbons (Fsp3) is 0.208. The molecule has 32 heavy (non-hydrogen) atoms. The summed E-state index contributed by atoms with van der Waals surface area (Å²) >= 11 is 1.06. The van der Waals surface area contributed by atoms with Crippen LogP contribution in [0.2, 0.25) is 0 Å². The maximum atomic E-state index is 13.7. The van der Waals surface area contributed by atoms with Gasteiger partial charge in [-0.2, -0.15) is 0 Å². The number of likely N-dealkylation sites (N-methyl/N-ethyl adjacent to an activating group) is 1. The lowest BCUT2D eigenvalue weighted by Gasteiger charge is -2.32. The molecule has 3 heterocycles. The largest absolute Gasteiger partial charge is 0.497 e. The zero-order chi connectivity index (χ0) is 22.8. The Labute approximate surface area is 188 Å². The Kier molecular flexibility index (Phi) is 4.39. The molecule has 7 nitrogen and oxygen atoms in total. The molecule has 1 unspecified atom stereocenters. The Morgan fingerprint density at radius 3 is 2.56 bits per heavy atom. The van der Waals surface area contributed by atoms with Gasteiger partial charge in [-0.15, -0.1) is 11.3 Å². The smallest absolute Gasteiger partial charge is 0.346 e. The number of carbonyl (C=O) groups excluding carboxylic acids is 2. The van der Waals surface area contributed by atoms with Crippen molar-refractivity contribution in [3.63, 3.8) is 0 Å². The summed E-state index contributed by atoms with van der Waals surface area (Å²) in [6.45, 7) is 1.92. The zero-order valence-electron chi connectivity index (χ0n) is 17.7. The number of anilines is 2. The second-order valence-corrected chi connectivity index (χ2v) is 9.03. The number of hydrogen-bond acceptors (Lipinski definition) is 5. The van der Waals surface area contributed by atoms with Gasteiger partial charge in [-0.25, -0.2) is 4.79 Å². The van der Waals surface area contributed by atoms with Gasteiger partial charge >= 0.3 is 5.97 Å². The topological polar surface area (TPSA) is 95.9 Å². The minimum absolute atomic E-state index is 0.0682. The van der Waals surface area contributed by atoms with E-state index in [-0.39, 0.29) is 23.1 Å². The van der Waals surface area contributed by atoms with Crippen LogP contribution in [0.3, 0.4) is 0 Å². The SMILES string of the molecule is COc1ccc(-c2c(C(=O)O)sc3c2NC(=O)CC32C(=O)N(C)c3c(C)cccc32)cc1. The summed E-state index contributed by atoms with van der Waals surface area (Å²) in [6, 6.07) is 12.6. The summed E-state index contributed by atoms with van der Waals surface area (Å²) in [5.41, 5.74) is 2.62. The van der Waals surface area contributed by atoms with E-state index < -0.39 is 11.4 Å². The summed E-state index contributed by atoms with van der Waals surface area (Å²) in [7, 11) is 3.25. The van der Waals surface area contributed by atoms with E-state index in [0.717, 1.165) is 28.2 Å². The predicted molar refractivity (Wildman–Crippen MR) is 122 cm³/mol. The van der Waals surface area contributed by atoms with Crippen LogP contribution in [0.1, 0.15) is 32.1 Å². The molecule has 5 rings (SSSR count). The minimum Gasteiger partial charge on any atom is -0.497 e. The van der Waals surface area contributed by atoms with Crippen molar-refractivity contribution in [3.8, 4) is 16.9 Å². The summed E-state index contributed by atoms with van der Waals surface area (Å²) in [5.74, 6) is -1.02. The third-order valence-corrected chi connectivity index (χ3v) is 7.60. The number of benzene rings is 2. The summed E-state index contributed by atoms with van der Waals surface area (Å²) in [5, 5.41) is 12.9. The monoisotopic (exact) mass is 448 g/mol. The number of aromatic carboxylic acids is 1. The van der Waals surface area contributed by atoms with E-state index in [4.69, 9.17) is 4.74 Å². The maximum Gasteiger partial charge on any atom is 0.346 e. The molecule has 1 aromatic heterocycles. The molecule has 0 bridgehead atoms. The lowest BCUT2D eigenvalue weighted by atomic mass is 9.74. The first-order valence-corrected chi connectivity index (χ1v) is 10.8. The van der Waals surface area contributed by atoms with Gasteiger partial charge in [0.15, 0.2) is 0 Å². The fourth-order valence-corrected chi connectivity index (χ4v) is 6.19. The molecule has 0 aliphatic carbocycles. The molecule has 1 spiro atoms.